The first kappa shape index (κ1) is 20.6. The normalized spacial score (nSPS) is 10.3. The van der Waals surface area contributed by atoms with Gasteiger partial charge in [0.25, 0.3) is 0 Å². The zero-order valence-corrected chi connectivity index (χ0v) is 17.1. The van der Waals surface area contributed by atoms with Crippen molar-refractivity contribution >= 4 is 23.3 Å². The van der Waals surface area contributed by atoms with Gasteiger partial charge in [0.05, 0.1) is 19.9 Å². The highest BCUT2D eigenvalue weighted by Gasteiger charge is 2.17. The minimum absolute atomic E-state index is 0.245. The highest BCUT2D eigenvalue weighted by atomic mass is 35.5. The number of nitrogens with one attached hydrogen (secondary N) is 1. The first-order valence-corrected chi connectivity index (χ1v) is 9.53. The van der Waals surface area contributed by atoms with Crippen LogP contribution in [0.5, 0.6) is 11.5 Å². The molecule has 2 amide bonds. The zero-order chi connectivity index (χ0) is 20.6. The first-order valence-electron chi connectivity index (χ1n) is 9.15. The van der Waals surface area contributed by atoms with Crippen LogP contribution in [0.3, 0.4) is 0 Å². The van der Waals surface area contributed by atoms with E-state index in [9.17, 15) is 4.79 Å². The molecule has 0 unspecified atom stereocenters. The van der Waals surface area contributed by atoms with Gasteiger partial charge in [-0.3, -0.25) is 0 Å². The van der Waals surface area contributed by atoms with Crippen LogP contribution in [0.4, 0.5) is 10.5 Å². The molecule has 0 aromatic heterocycles. The molecule has 0 fully saturated rings. The quantitative estimate of drug-likeness (QED) is 0.552. The van der Waals surface area contributed by atoms with E-state index in [4.69, 9.17) is 21.1 Å². The Bertz CT molecular complexity index is 946. The highest BCUT2D eigenvalue weighted by molar-refractivity contribution is 6.31. The number of amides is 2. The van der Waals surface area contributed by atoms with Crippen LogP contribution in [0.2, 0.25) is 5.02 Å². The third kappa shape index (κ3) is 5.65. The number of benzene rings is 3. The van der Waals surface area contributed by atoms with Crippen molar-refractivity contribution in [1.82, 2.24) is 4.90 Å². The predicted molar refractivity (Wildman–Crippen MR) is 116 cm³/mol. The molecule has 0 bridgehead atoms. The summed E-state index contributed by atoms with van der Waals surface area (Å²) in [5.74, 6) is 1.32. The summed E-state index contributed by atoms with van der Waals surface area (Å²) in [6.07, 6.45) is 0. The molecule has 0 aliphatic rings. The molecule has 5 nitrogen and oxygen atoms in total. The number of rotatable bonds is 7. The van der Waals surface area contributed by atoms with Crippen molar-refractivity contribution in [2.24, 2.45) is 0 Å². The fourth-order valence-electron chi connectivity index (χ4n) is 2.93. The second-order valence-electron chi connectivity index (χ2n) is 6.46. The number of ether oxygens (including phenoxy) is 2. The second-order valence-corrected chi connectivity index (χ2v) is 6.90. The van der Waals surface area contributed by atoms with Gasteiger partial charge in [-0.25, -0.2) is 4.79 Å². The lowest BCUT2D eigenvalue weighted by molar-refractivity contribution is 0.206. The molecule has 29 heavy (non-hydrogen) atoms. The number of hydrogen-bond acceptors (Lipinski definition) is 3. The van der Waals surface area contributed by atoms with E-state index in [1.807, 2.05) is 54.6 Å². The van der Waals surface area contributed by atoms with Gasteiger partial charge in [0.2, 0.25) is 0 Å². The van der Waals surface area contributed by atoms with Crippen LogP contribution in [0.1, 0.15) is 11.1 Å². The van der Waals surface area contributed by atoms with Crippen molar-refractivity contribution in [3.05, 3.63) is 88.9 Å². The molecule has 1 N–H and O–H groups in total. The van der Waals surface area contributed by atoms with Crippen molar-refractivity contribution in [2.45, 2.75) is 13.1 Å². The summed E-state index contributed by atoms with van der Waals surface area (Å²) in [6.45, 7) is 0.898. The summed E-state index contributed by atoms with van der Waals surface area (Å²) in [6, 6.07) is 22.4. The van der Waals surface area contributed by atoms with Crippen molar-refractivity contribution in [3.8, 4) is 11.5 Å². The van der Waals surface area contributed by atoms with Gasteiger partial charge in [0.15, 0.2) is 0 Å². The average molecular weight is 411 g/mol. The molecule has 0 atom stereocenters. The summed E-state index contributed by atoms with van der Waals surface area (Å²) in [5, 5.41) is 3.44. The van der Waals surface area contributed by atoms with Crippen molar-refractivity contribution in [3.63, 3.8) is 0 Å². The largest absolute Gasteiger partial charge is 0.497 e. The maximum absolute atomic E-state index is 13.1. The van der Waals surface area contributed by atoms with Gasteiger partial charge in [-0.1, -0.05) is 54.1 Å². The fourth-order valence-corrected chi connectivity index (χ4v) is 3.10. The minimum Gasteiger partial charge on any atom is -0.497 e. The number of hydrogen-bond donors (Lipinski definition) is 1. The lowest BCUT2D eigenvalue weighted by atomic mass is 10.1. The molecule has 6 heteroatoms. The molecular weight excluding hydrogens is 388 g/mol. The number of nitrogens with zero attached hydrogens (tertiary/aromatic N) is 1. The Morgan fingerprint density at radius 1 is 0.897 bits per heavy atom. The maximum atomic E-state index is 13.1. The van der Waals surface area contributed by atoms with Gasteiger partial charge in [-0.15, -0.1) is 0 Å². The lowest BCUT2D eigenvalue weighted by Crippen LogP contribution is -2.34. The number of urea groups is 1. The average Bonchev–Trinajstić information content (AvgIpc) is 2.74. The van der Waals surface area contributed by atoms with Crippen LogP contribution in [-0.4, -0.2) is 25.2 Å². The molecule has 0 radical (unpaired) electrons. The van der Waals surface area contributed by atoms with Crippen LogP contribution < -0.4 is 14.8 Å². The molecule has 150 valence electrons. The van der Waals surface area contributed by atoms with Gasteiger partial charge in [-0.05, 0) is 41.5 Å². The van der Waals surface area contributed by atoms with Gasteiger partial charge in [0.1, 0.15) is 11.5 Å². The van der Waals surface area contributed by atoms with E-state index in [1.54, 1.807) is 37.3 Å². The van der Waals surface area contributed by atoms with E-state index in [2.05, 4.69) is 5.32 Å². The van der Waals surface area contributed by atoms with E-state index in [-0.39, 0.29) is 6.03 Å². The maximum Gasteiger partial charge on any atom is 0.322 e. The monoisotopic (exact) mass is 410 g/mol. The zero-order valence-electron chi connectivity index (χ0n) is 16.4. The molecule has 3 aromatic carbocycles. The van der Waals surface area contributed by atoms with Gasteiger partial charge < -0.3 is 19.7 Å². The Morgan fingerprint density at radius 3 is 2.17 bits per heavy atom. The van der Waals surface area contributed by atoms with Crippen molar-refractivity contribution < 1.29 is 14.3 Å². The Labute approximate surface area is 175 Å². The number of methoxy groups -OCH3 is 2. The van der Waals surface area contributed by atoms with Crippen molar-refractivity contribution in [2.75, 3.05) is 19.5 Å². The van der Waals surface area contributed by atoms with Gasteiger partial charge >= 0.3 is 6.03 Å². The fraction of sp³-hybridized carbons (Fsp3) is 0.174. The van der Waals surface area contributed by atoms with E-state index in [0.29, 0.717) is 29.5 Å². The topological polar surface area (TPSA) is 50.8 Å². The smallest absolute Gasteiger partial charge is 0.322 e. The molecule has 0 spiro atoms. The lowest BCUT2D eigenvalue weighted by Gasteiger charge is -2.24. The first-order chi connectivity index (χ1) is 14.1. The predicted octanol–water partition coefficient (Wildman–Crippen LogP) is 5.59. The number of carbonyl (C=O) groups is 1. The number of anilines is 1. The summed E-state index contributed by atoms with van der Waals surface area (Å²) < 4.78 is 10.6. The summed E-state index contributed by atoms with van der Waals surface area (Å²) in [5.41, 5.74) is 2.56. The Kier molecular flexibility index (Phi) is 6.98. The summed E-state index contributed by atoms with van der Waals surface area (Å²) >= 11 is 6.09. The third-order valence-corrected chi connectivity index (χ3v) is 4.67. The molecule has 0 saturated carbocycles. The van der Waals surface area contributed by atoms with Crippen LogP contribution >= 0.6 is 11.6 Å². The molecule has 0 aliphatic heterocycles. The Balaban J connectivity index is 1.83. The van der Waals surface area contributed by atoms with E-state index in [1.165, 1.54) is 0 Å². The van der Waals surface area contributed by atoms with E-state index in [0.717, 1.165) is 16.9 Å². The highest BCUT2D eigenvalue weighted by Crippen LogP contribution is 2.28. The second kappa shape index (κ2) is 9.85. The molecule has 0 heterocycles. The van der Waals surface area contributed by atoms with E-state index < -0.39 is 0 Å². The molecular formula is C23H23ClN2O3. The Hall–Kier alpha value is -3.18. The summed E-state index contributed by atoms with van der Waals surface area (Å²) in [4.78, 5) is 14.8. The molecule has 0 saturated heterocycles. The van der Waals surface area contributed by atoms with Crippen LogP contribution in [0.25, 0.3) is 0 Å². The van der Waals surface area contributed by atoms with Crippen LogP contribution in [0, 0.1) is 0 Å². The van der Waals surface area contributed by atoms with Crippen LogP contribution in [0.15, 0.2) is 72.8 Å². The van der Waals surface area contributed by atoms with Crippen molar-refractivity contribution in [1.29, 1.82) is 0 Å². The third-order valence-electron chi connectivity index (χ3n) is 4.44. The van der Waals surface area contributed by atoms with E-state index >= 15 is 0 Å². The molecule has 3 rings (SSSR count). The number of halogens is 1. The minimum atomic E-state index is -0.245. The SMILES string of the molecule is COc1ccc(CN(Cc2ccccc2)C(=O)Nc2cc(Cl)ccc2OC)cc1. The summed E-state index contributed by atoms with van der Waals surface area (Å²) in [7, 11) is 3.18. The Morgan fingerprint density at radius 2 is 1.55 bits per heavy atom. The number of carbonyl (C=O) groups excluding carboxylic acids is 1. The molecule has 0 aliphatic carbocycles. The van der Waals surface area contributed by atoms with Crippen LogP contribution in [-0.2, 0) is 13.1 Å². The van der Waals surface area contributed by atoms with Gasteiger partial charge in [0, 0.05) is 18.1 Å². The van der Waals surface area contributed by atoms with Gasteiger partial charge in [-0.2, -0.15) is 0 Å². The standard InChI is InChI=1S/C23H23ClN2O3/c1-28-20-11-8-18(9-12-20)16-26(15-17-6-4-3-5-7-17)23(27)25-21-14-19(24)10-13-22(21)29-2/h3-14H,15-16H2,1-2H3,(H,25,27). The molecule has 3 aromatic rings.